The zero-order valence-electron chi connectivity index (χ0n) is 12.6. The summed E-state index contributed by atoms with van der Waals surface area (Å²) in [5.41, 5.74) is 1.03. The Morgan fingerprint density at radius 3 is 2.68 bits per heavy atom. The molecule has 6 nitrogen and oxygen atoms in total. The van der Waals surface area contributed by atoms with Crippen LogP contribution >= 0.6 is 23.1 Å². The van der Waals surface area contributed by atoms with Gasteiger partial charge in [0.05, 0.1) is 12.4 Å². The molecule has 0 aliphatic carbocycles. The van der Waals surface area contributed by atoms with Gasteiger partial charge in [0, 0.05) is 13.6 Å². The van der Waals surface area contributed by atoms with Crippen molar-refractivity contribution >= 4 is 34.1 Å². The Kier molecular flexibility index (Phi) is 6.02. The number of methoxy groups -OCH3 is 1. The largest absolute Gasteiger partial charge is 0.497 e. The summed E-state index contributed by atoms with van der Waals surface area (Å²) in [6, 6.07) is 7.61. The Balaban J connectivity index is 1.82. The second-order valence-corrected chi connectivity index (χ2v) is 7.01. The molecule has 1 heterocycles. The fourth-order valence-corrected chi connectivity index (χ4v) is 3.51. The molecule has 1 amide bonds. The van der Waals surface area contributed by atoms with Crippen molar-refractivity contribution in [2.75, 3.05) is 19.5 Å². The minimum absolute atomic E-state index is 0.0259. The minimum atomic E-state index is -0.226. The molecule has 1 aromatic heterocycles. The van der Waals surface area contributed by atoms with Crippen molar-refractivity contribution in [3.05, 3.63) is 29.8 Å². The molecule has 2 aromatic rings. The molecule has 118 valence electrons. The molecule has 8 heteroatoms. The number of anilines is 1. The molecule has 1 aromatic carbocycles. The molecule has 2 rings (SSSR count). The Morgan fingerprint density at radius 1 is 1.36 bits per heavy atom. The minimum Gasteiger partial charge on any atom is -0.497 e. The number of nitrogens with zero attached hydrogens (tertiary/aromatic N) is 2. The Morgan fingerprint density at radius 2 is 2.09 bits per heavy atom. The molecule has 0 radical (unpaired) electrons. The van der Waals surface area contributed by atoms with Crippen molar-refractivity contribution in [1.82, 2.24) is 15.5 Å². The van der Waals surface area contributed by atoms with Gasteiger partial charge in [-0.3, -0.25) is 4.79 Å². The predicted molar refractivity (Wildman–Crippen MR) is 89.6 cm³/mol. The van der Waals surface area contributed by atoms with Gasteiger partial charge in [-0.25, -0.2) is 0 Å². The Hall–Kier alpha value is -1.80. The van der Waals surface area contributed by atoms with Crippen molar-refractivity contribution in [3.8, 4) is 5.75 Å². The van der Waals surface area contributed by atoms with Gasteiger partial charge in [0.2, 0.25) is 11.0 Å². The normalized spacial score (nSPS) is 11.8. The summed E-state index contributed by atoms with van der Waals surface area (Å²) in [4.78, 5) is 12.1. The lowest BCUT2D eigenvalue weighted by Gasteiger charge is -2.10. The predicted octanol–water partition coefficient (Wildman–Crippen LogP) is 2.39. The third kappa shape index (κ3) is 4.60. The zero-order valence-corrected chi connectivity index (χ0v) is 14.3. The first-order valence-electron chi connectivity index (χ1n) is 6.71. The number of thioether (sulfide) groups is 1. The molecule has 1 atom stereocenters. The number of benzene rings is 1. The first kappa shape index (κ1) is 16.6. The maximum Gasteiger partial charge on any atom is 0.233 e. The van der Waals surface area contributed by atoms with Crippen LogP contribution in [-0.2, 0) is 11.3 Å². The standard InChI is InChI=1S/C14H18N4O2S2/c1-9(21-14-18-17-13(15-2)22-14)12(19)16-8-10-4-6-11(20-3)7-5-10/h4-7,9H,8H2,1-3H3,(H,15,17)(H,16,19)/t9-/m0/s1. The number of carbonyl (C=O) groups excluding carboxylic acids is 1. The van der Waals surface area contributed by atoms with E-state index in [-0.39, 0.29) is 11.2 Å². The molecule has 2 N–H and O–H groups in total. The lowest BCUT2D eigenvalue weighted by Crippen LogP contribution is -2.30. The van der Waals surface area contributed by atoms with Crippen LogP contribution in [0.5, 0.6) is 5.75 Å². The number of carbonyl (C=O) groups is 1. The van der Waals surface area contributed by atoms with Gasteiger partial charge in [-0.1, -0.05) is 35.2 Å². The quantitative estimate of drug-likeness (QED) is 0.755. The van der Waals surface area contributed by atoms with Crippen molar-refractivity contribution in [1.29, 1.82) is 0 Å². The third-order valence-corrected chi connectivity index (χ3v) is 5.02. The van der Waals surface area contributed by atoms with E-state index in [9.17, 15) is 4.79 Å². The second kappa shape index (κ2) is 8.00. The number of nitrogens with one attached hydrogen (secondary N) is 2. The summed E-state index contributed by atoms with van der Waals surface area (Å²) in [6.07, 6.45) is 0. The molecular weight excluding hydrogens is 320 g/mol. The van der Waals surface area contributed by atoms with Crippen molar-refractivity contribution < 1.29 is 9.53 Å². The highest BCUT2D eigenvalue weighted by Crippen LogP contribution is 2.28. The number of rotatable bonds is 7. The van der Waals surface area contributed by atoms with Gasteiger partial charge in [0.1, 0.15) is 5.75 Å². The second-order valence-electron chi connectivity index (χ2n) is 4.45. The van der Waals surface area contributed by atoms with Crippen LogP contribution < -0.4 is 15.4 Å². The van der Waals surface area contributed by atoms with Crippen LogP contribution in [0.3, 0.4) is 0 Å². The summed E-state index contributed by atoms with van der Waals surface area (Å²) in [7, 11) is 3.42. The Bertz CT molecular complexity index is 616. The first-order chi connectivity index (χ1) is 10.6. The molecule has 0 saturated carbocycles. The Labute approximate surface area is 137 Å². The van der Waals surface area contributed by atoms with E-state index in [0.717, 1.165) is 20.8 Å². The molecule has 0 unspecified atom stereocenters. The van der Waals surface area contributed by atoms with E-state index < -0.39 is 0 Å². The highest BCUT2D eigenvalue weighted by Gasteiger charge is 2.16. The molecule has 22 heavy (non-hydrogen) atoms. The van der Waals surface area contributed by atoms with Gasteiger partial charge in [0.15, 0.2) is 4.34 Å². The zero-order chi connectivity index (χ0) is 15.9. The number of aromatic nitrogens is 2. The van der Waals surface area contributed by atoms with Gasteiger partial charge in [-0.2, -0.15) is 0 Å². The van der Waals surface area contributed by atoms with Gasteiger partial charge < -0.3 is 15.4 Å². The highest BCUT2D eigenvalue weighted by atomic mass is 32.2. The third-order valence-electron chi connectivity index (χ3n) is 2.89. The molecule has 0 spiro atoms. The van der Waals surface area contributed by atoms with Crippen molar-refractivity contribution in [3.63, 3.8) is 0 Å². The van der Waals surface area contributed by atoms with E-state index >= 15 is 0 Å². The topological polar surface area (TPSA) is 76.1 Å². The van der Waals surface area contributed by atoms with Crippen LogP contribution in [0.4, 0.5) is 5.13 Å². The maximum absolute atomic E-state index is 12.1. The lowest BCUT2D eigenvalue weighted by atomic mass is 10.2. The first-order valence-corrected chi connectivity index (χ1v) is 8.40. The van der Waals surface area contributed by atoms with Crippen LogP contribution in [0.25, 0.3) is 0 Å². The smallest absolute Gasteiger partial charge is 0.233 e. The van der Waals surface area contributed by atoms with E-state index in [1.54, 1.807) is 14.2 Å². The molecule has 0 saturated heterocycles. The summed E-state index contributed by atoms with van der Waals surface area (Å²) in [5.74, 6) is 0.776. The molecular formula is C14H18N4O2S2. The van der Waals surface area contributed by atoms with Crippen LogP contribution in [0, 0.1) is 0 Å². The molecule has 0 fully saturated rings. The van der Waals surface area contributed by atoms with E-state index in [1.807, 2.05) is 31.2 Å². The van der Waals surface area contributed by atoms with Gasteiger partial charge in [-0.15, -0.1) is 10.2 Å². The van der Waals surface area contributed by atoms with Crippen molar-refractivity contribution in [2.45, 2.75) is 23.1 Å². The average Bonchev–Trinajstić information content (AvgIpc) is 3.00. The highest BCUT2D eigenvalue weighted by molar-refractivity contribution is 8.02. The van der Waals surface area contributed by atoms with Gasteiger partial charge in [-0.05, 0) is 24.6 Å². The van der Waals surface area contributed by atoms with E-state index in [4.69, 9.17) is 4.74 Å². The van der Waals surface area contributed by atoms with Gasteiger partial charge >= 0.3 is 0 Å². The van der Waals surface area contributed by atoms with Crippen LogP contribution in [-0.4, -0.2) is 35.5 Å². The maximum atomic E-state index is 12.1. The lowest BCUT2D eigenvalue weighted by molar-refractivity contribution is -0.120. The number of hydrogen-bond acceptors (Lipinski definition) is 7. The van der Waals surface area contributed by atoms with E-state index in [2.05, 4.69) is 20.8 Å². The summed E-state index contributed by atoms with van der Waals surface area (Å²) < 4.78 is 5.88. The number of ether oxygens (including phenoxy) is 1. The molecule has 0 aliphatic rings. The SMILES string of the molecule is CNc1nnc(S[C@@H](C)C(=O)NCc2ccc(OC)cc2)s1. The fourth-order valence-electron chi connectivity index (χ4n) is 1.64. The number of hydrogen-bond donors (Lipinski definition) is 2. The molecule has 0 bridgehead atoms. The monoisotopic (exact) mass is 338 g/mol. The van der Waals surface area contributed by atoms with E-state index in [1.165, 1.54) is 23.1 Å². The average molecular weight is 338 g/mol. The number of amides is 1. The van der Waals surface area contributed by atoms with Crippen LogP contribution in [0.1, 0.15) is 12.5 Å². The van der Waals surface area contributed by atoms with Crippen LogP contribution in [0.15, 0.2) is 28.6 Å². The van der Waals surface area contributed by atoms with Crippen LogP contribution in [0.2, 0.25) is 0 Å². The molecule has 0 aliphatic heterocycles. The van der Waals surface area contributed by atoms with E-state index in [0.29, 0.717) is 6.54 Å². The summed E-state index contributed by atoms with van der Waals surface area (Å²) in [6.45, 7) is 2.35. The summed E-state index contributed by atoms with van der Waals surface area (Å²) >= 11 is 2.83. The van der Waals surface area contributed by atoms with Crippen molar-refractivity contribution in [2.24, 2.45) is 0 Å². The fraction of sp³-hybridized carbons (Fsp3) is 0.357. The van der Waals surface area contributed by atoms with Gasteiger partial charge in [0.25, 0.3) is 0 Å². The summed E-state index contributed by atoms with van der Waals surface area (Å²) in [5, 5.41) is 14.3.